The average Bonchev–Trinajstić information content (AvgIpc) is 2.20. The van der Waals surface area contributed by atoms with E-state index in [4.69, 9.17) is 5.73 Å². The highest BCUT2D eigenvalue weighted by atomic mass is 16.2. The molecule has 16 heavy (non-hydrogen) atoms. The topological polar surface area (TPSA) is 55.1 Å². The normalized spacial score (nSPS) is 32.5. The van der Waals surface area contributed by atoms with Crippen LogP contribution in [-0.4, -0.2) is 18.0 Å². The van der Waals surface area contributed by atoms with Gasteiger partial charge in [0.1, 0.15) is 0 Å². The van der Waals surface area contributed by atoms with E-state index in [0.29, 0.717) is 12.0 Å². The summed E-state index contributed by atoms with van der Waals surface area (Å²) < 4.78 is 0. The van der Waals surface area contributed by atoms with Crippen molar-refractivity contribution < 1.29 is 4.79 Å². The van der Waals surface area contributed by atoms with Gasteiger partial charge in [-0.1, -0.05) is 27.7 Å². The van der Waals surface area contributed by atoms with Crippen LogP contribution in [0.3, 0.4) is 0 Å². The summed E-state index contributed by atoms with van der Waals surface area (Å²) >= 11 is 0. The Morgan fingerprint density at radius 1 is 1.31 bits per heavy atom. The van der Waals surface area contributed by atoms with Crippen molar-refractivity contribution in [3.63, 3.8) is 0 Å². The number of hydrogen-bond acceptors (Lipinski definition) is 2. The largest absolute Gasteiger partial charge is 0.352 e. The molecule has 3 N–H and O–H groups in total. The van der Waals surface area contributed by atoms with Gasteiger partial charge in [0.2, 0.25) is 5.91 Å². The molecule has 3 nitrogen and oxygen atoms in total. The number of nitrogens with one attached hydrogen (secondary N) is 1. The molecule has 1 saturated carbocycles. The fourth-order valence-corrected chi connectivity index (χ4v) is 2.46. The SMILES string of the molecule is CC1CCC(NC(=O)C(N)C(C)C)C(C)C1. The predicted molar refractivity (Wildman–Crippen MR) is 66.9 cm³/mol. The molecule has 1 aliphatic rings. The molecule has 0 aliphatic heterocycles. The van der Waals surface area contributed by atoms with Crippen LogP contribution >= 0.6 is 0 Å². The summed E-state index contributed by atoms with van der Waals surface area (Å²) in [4.78, 5) is 11.8. The first-order chi connectivity index (χ1) is 7.41. The molecule has 1 rings (SSSR count). The van der Waals surface area contributed by atoms with Crippen molar-refractivity contribution in [2.75, 3.05) is 0 Å². The number of rotatable bonds is 3. The first-order valence-corrected chi connectivity index (χ1v) is 6.47. The summed E-state index contributed by atoms with van der Waals surface area (Å²) in [6.45, 7) is 8.48. The Labute approximate surface area is 99.2 Å². The second kappa shape index (κ2) is 5.67. The van der Waals surface area contributed by atoms with E-state index in [0.717, 1.165) is 12.3 Å². The lowest BCUT2D eigenvalue weighted by molar-refractivity contribution is -0.124. The zero-order chi connectivity index (χ0) is 12.3. The van der Waals surface area contributed by atoms with Gasteiger partial charge in [-0.05, 0) is 37.0 Å². The zero-order valence-corrected chi connectivity index (χ0v) is 11.0. The molecule has 0 aromatic rings. The Kier molecular flexibility index (Phi) is 4.78. The average molecular weight is 226 g/mol. The van der Waals surface area contributed by atoms with Crippen LogP contribution in [0, 0.1) is 17.8 Å². The molecule has 94 valence electrons. The second-order valence-corrected chi connectivity index (χ2v) is 5.78. The van der Waals surface area contributed by atoms with Gasteiger partial charge < -0.3 is 11.1 Å². The van der Waals surface area contributed by atoms with Crippen LogP contribution in [0.2, 0.25) is 0 Å². The Morgan fingerprint density at radius 2 is 1.94 bits per heavy atom. The number of carbonyl (C=O) groups excluding carboxylic acids is 1. The third kappa shape index (κ3) is 3.48. The van der Waals surface area contributed by atoms with Crippen molar-refractivity contribution in [1.82, 2.24) is 5.32 Å². The van der Waals surface area contributed by atoms with Crippen LogP contribution < -0.4 is 11.1 Å². The highest BCUT2D eigenvalue weighted by molar-refractivity contribution is 5.82. The van der Waals surface area contributed by atoms with Crippen LogP contribution in [-0.2, 0) is 4.79 Å². The van der Waals surface area contributed by atoms with E-state index in [-0.39, 0.29) is 17.9 Å². The molecule has 0 radical (unpaired) electrons. The van der Waals surface area contributed by atoms with Crippen LogP contribution in [0.15, 0.2) is 0 Å². The molecule has 0 heterocycles. The predicted octanol–water partition coefficient (Wildman–Crippen LogP) is 1.91. The van der Waals surface area contributed by atoms with Gasteiger partial charge in [0.05, 0.1) is 6.04 Å². The van der Waals surface area contributed by atoms with E-state index >= 15 is 0 Å². The van der Waals surface area contributed by atoms with Crippen LogP contribution in [0.25, 0.3) is 0 Å². The van der Waals surface area contributed by atoms with E-state index < -0.39 is 0 Å². The van der Waals surface area contributed by atoms with Crippen molar-refractivity contribution in [3.05, 3.63) is 0 Å². The molecule has 0 saturated heterocycles. The fraction of sp³-hybridized carbons (Fsp3) is 0.923. The summed E-state index contributed by atoms with van der Waals surface area (Å²) in [5.41, 5.74) is 5.84. The number of amides is 1. The minimum absolute atomic E-state index is 0.0152. The van der Waals surface area contributed by atoms with Crippen LogP contribution in [0.5, 0.6) is 0 Å². The monoisotopic (exact) mass is 226 g/mol. The Morgan fingerprint density at radius 3 is 2.44 bits per heavy atom. The second-order valence-electron chi connectivity index (χ2n) is 5.78. The highest BCUT2D eigenvalue weighted by Crippen LogP contribution is 2.28. The van der Waals surface area contributed by atoms with Crippen molar-refractivity contribution in [3.8, 4) is 0 Å². The van der Waals surface area contributed by atoms with Crippen molar-refractivity contribution in [2.24, 2.45) is 23.5 Å². The van der Waals surface area contributed by atoms with Crippen molar-refractivity contribution in [2.45, 2.75) is 59.0 Å². The molecule has 1 fully saturated rings. The number of hydrogen-bond donors (Lipinski definition) is 2. The lowest BCUT2D eigenvalue weighted by Crippen LogP contribution is -2.50. The molecular formula is C13H26N2O. The molecule has 0 bridgehead atoms. The standard InChI is InChI=1S/C13H26N2O/c1-8(2)12(14)13(16)15-11-6-5-9(3)7-10(11)4/h8-12H,5-7,14H2,1-4H3,(H,15,16). The summed E-state index contributed by atoms with van der Waals surface area (Å²) in [5, 5.41) is 3.11. The Bertz CT molecular complexity index is 240. The van der Waals surface area contributed by atoms with E-state index in [1.165, 1.54) is 12.8 Å². The van der Waals surface area contributed by atoms with Crippen LogP contribution in [0.4, 0.5) is 0 Å². The maximum absolute atomic E-state index is 11.8. The van der Waals surface area contributed by atoms with Gasteiger partial charge in [-0.15, -0.1) is 0 Å². The van der Waals surface area contributed by atoms with Gasteiger partial charge in [0.25, 0.3) is 0 Å². The van der Waals surface area contributed by atoms with Gasteiger partial charge in [0, 0.05) is 6.04 Å². The molecule has 0 aromatic heterocycles. The lowest BCUT2D eigenvalue weighted by atomic mass is 9.79. The minimum atomic E-state index is -0.369. The maximum atomic E-state index is 11.8. The summed E-state index contributed by atoms with van der Waals surface area (Å²) in [5.74, 6) is 1.59. The summed E-state index contributed by atoms with van der Waals surface area (Å²) in [6.07, 6.45) is 3.52. The molecule has 4 unspecified atom stereocenters. The molecule has 1 aliphatic carbocycles. The molecule has 0 aromatic carbocycles. The zero-order valence-electron chi connectivity index (χ0n) is 11.0. The number of nitrogens with two attached hydrogens (primary N) is 1. The maximum Gasteiger partial charge on any atom is 0.237 e. The van der Waals surface area contributed by atoms with Gasteiger partial charge in [-0.25, -0.2) is 0 Å². The van der Waals surface area contributed by atoms with Crippen molar-refractivity contribution in [1.29, 1.82) is 0 Å². The van der Waals surface area contributed by atoms with Gasteiger partial charge in [-0.3, -0.25) is 4.79 Å². The smallest absolute Gasteiger partial charge is 0.237 e. The lowest BCUT2D eigenvalue weighted by Gasteiger charge is -2.34. The Hall–Kier alpha value is -0.570. The first-order valence-electron chi connectivity index (χ1n) is 6.47. The van der Waals surface area contributed by atoms with E-state index in [9.17, 15) is 4.79 Å². The quantitative estimate of drug-likeness (QED) is 0.772. The third-order valence-corrected chi connectivity index (χ3v) is 3.78. The van der Waals surface area contributed by atoms with Crippen molar-refractivity contribution >= 4 is 5.91 Å². The fourth-order valence-electron chi connectivity index (χ4n) is 2.46. The highest BCUT2D eigenvalue weighted by Gasteiger charge is 2.28. The third-order valence-electron chi connectivity index (χ3n) is 3.78. The van der Waals surface area contributed by atoms with Gasteiger partial charge in [0.15, 0.2) is 0 Å². The Balaban J connectivity index is 2.45. The van der Waals surface area contributed by atoms with Gasteiger partial charge in [-0.2, -0.15) is 0 Å². The van der Waals surface area contributed by atoms with Crippen LogP contribution in [0.1, 0.15) is 47.0 Å². The molecule has 4 atom stereocenters. The summed E-state index contributed by atoms with van der Waals surface area (Å²) in [7, 11) is 0. The molecule has 0 spiro atoms. The minimum Gasteiger partial charge on any atom is -0.352 e. The van der Waals surface area contributed by atoms with E-state index in [1.54, 1.807) is 0 Å². The molecule has 3 heteroatoms. The first kappa shape index (κ1) is 13.5. The molecule has 1 amide bonds. The molecular weight excluding hydrogens is 200 g/mol. The van der Waals surface area contributed by atoms with E-state index in [2.05, 4.69) is 19.2 Å². The van der Waals surface area contributed by atoms with E-state index in [1.807, 2.05) is 13.8 Å². The number of carbonyl (C=O) groups is 1. The van der Waals surface area contributed by atoms with Gasteiger partial charge >= 0.3 is 0 Å². The summed E-state index contributed by atoms with van der Waals surface area (Å²) in [6, 6.07) is -0.0416.